The molecule has 7 heteroatoms. The van der Waals surface area contributed by atoms with Gasteiger partial charge in [-0.3, -0.25) is 0 Å². The molecular weight excluding hydrogens is 262 g/mol. The SMILES string of the molecule is CCNc1nc(NC(C)CCSC)nc(OCC)n1. The average molecular weight is 285 g/mol. The molecule has 1 rings (SSSR count). The topological polar surface area (TPSA) is 72.0 Å². The Morgan fingerprint density at radius 3 is 2.58 bits per heavy atom. The zero-order valence-corrected chi connectivity index (χ0v) is 12.9. The van der Waals surface area contributed by atoms with Crippen molar-refractivity contribution < 1.29 is 4.74 Å². The monoisotopic (exact) mass is 285 g/mol. The molecule has 1 heterocycles. The van der Waals surface area contributed by atoms with Gasteiger partial charge in [0.2, 0.25) is 11.9 Å². The number of rotatable bonds is 9. The van der Waals surface area contributed by atoms with E-state index in [0.29, 0.717) is 30.6 Å². The minimum absolute atomic E-state index is 0.318. The highest BCUT2D eigenvalue weighted by atomic mass is 32.2. The Hall–Kier alpha value is -1.24. The number of nitrogens with zero attached hydrogens (tertiary/aromatic N) is 3. The molecule has 0 aliphatic heterocycles. The van der Waals surface area contributed by atoms with E-state index in [1.54, 1.807) is 0 Å². The Labute approximate surface area is 119 Å². The van der Waals surface area contributed by atoms with E-state index in [-0.39, 0.29) is 0 Å². The molecule has 0 aliphatic rings. The second kappa shape index (κ2) is 8.79. The standard InChI is InChI=1S/C12H23N5OS/c1-5-13-10-15-11(14-9(3)7-8-19-4)17-12(16-10)18-6-2/h9H,5-8H2,1-4H3,(H2,13,14,15,16,17). The quantitative estimate of drug-likeness (QED) is 0.721. The highest BCUT2D eigenvalue weighted by Crippen LogP contribution is 2.13. The minimum Gasteiger partial charge on any atom is -0.464 e. The van der Waals surface area contributed by atoms with Gasteiger partial charge in [0.25, 0.3) is 0 Å². The van der Waals surface area contributed by atoms with Crippen molar-refractivity contribution in [2.24, 2.45) is 0 Å². The molecule has 2 N–H and O–H groups in total. The maximum Gasteiger partial charge on any atom is 0.323 e. The predicted octanol–water partition coefficient (Wildman–Crippen LogP) is 2.26. The summed E-state index contributed by atoms with van der Waals surface area (Å²) in [5, 5.41) is 6.36. The number of aromatic nitrogens is 3. The van der Waals surface area contributed by atoms with Crippen LogP contribution in [-0.2, 0) is 0 Å². The molecule has 0 radical (unpaired) electrons. The fourth-order valence-electron chi connectivity index (χ4n) is 1.44. The average Bonchev–Trinajstić information content (AvgIpc) is 2.37. The number of anilines is 2. The van der Waals surface area contributed by atoms with Gasteiger partial charge in [-0.25, -0.2) is 0 Å². The largest absolute Gasteiger partial charge is 0.464 e. The van der Waals surface area contributed by atoms with E-state index in [9.17, 15) is 0 Å². The summed E-state index contributed by atoms with van der Waals surface area (Å²) in [5.41, 5.74) is 0. The van der Waals surface area contributed by atoms with Gasteiger partial charge in [0.15, 0.2) is 0 Å². The Morgan fingerprint density at radius 1 is 1.21 bits per heavy atom. The zero-order chi connectivity index (χ0) is 14.1. The molecule has 0 fully saturated rings. The molecule has 0 spiro atoms. The second-order valence-corrected chi connectivity index (χ2v) is 5.04. The number of ether oxygens (including phenoxy) is 1. The van der Waals surface area contributed by atoms with Crippen molar-refractivity contribution in [3.63, 3.8) is 0 Å². The van der Waals surface area contributed by atoms with Crippen molar-refractivity contribution in [1.29, 1.82) is 0 Å². The first-order chi connectivity index (χ1) is 9.19. The Kier molecular flexibility index (Phi) is 7.32. The highest BCUT2D eigenvalue weighted by molar-refractivity contribution is 7.98. The summed E-state index contributed by atoms with van der Waals surface area (Å²) in [6, 6.07) is 0.673. The van der Waals surface area contributed by atoms with Crippen LogP contribution in [0.25, 0.3) is 0 Å². The fourth-order valence-corrected chi connectivity index (χ4v) is 2.03. The number of thioether (sulfide) groups is 1. The van der Waals surface area contributed by atoms with Crippen LogP contribution in [0.5, 0.6) is 6.01 Å². The van der Waals surface area contributed by atoms with Gasteiger partial charge in [-0.15, -0.1) is 0 Å². The van der Waals surface area contributed by atoms with Crippen LogP contribution in [0, 0.1) is 0 Å². The zero-order valence-electron chi connectivity index (χ0n) is 12.1. The van der Waals surface area contributed by atoms with E-state index in [2.05, 4.69) is 38.8 Å². The number of nitrogens with one attached hydrogen (secondary N) is 2. The molecule has 0 aromatic carbocycles. The summed E-state index contributed by atoms with van der Waals surface area (Å²) < 4.78 is 5.35. The van der Waals surface area contributed by atoms with Gasteiger partial charge in [-0.1, -0.05) is 0 Å². The third kappa shape index (κ3) is 5.96. The van der Waals surface area contributed by atoms with Crippen molar-refractivity contribution in [1.82, 2.24) is 15.0 Å². The summed E-state index contributed by atoms with van der Waals surface area (Å²) >= 11 is 1.83. The lowest BCUT2D eigenvalue weighted by atomic mass is 10.3. The normalized spacial score (nSPS) is 12.0. The summed E-state index contributed by atoms with van der Waals surface area (Å²) in [6.07, 6.45) is 3.17. The van der Waals surface area contributed by atoms with E-state index in [1.165, 1.54) is 0 Å². The molecule has 6 nitrogen and oxygen atoms in total. The maximum absolute atomic E-state index is 5.35. The van der Waals surface area contributed by atoms with E-state index < -0.39 is 0 Å². The first-order valence-corrected chi connectivity index (χ1v) is 7.97. The molecule has 0 saturated heterocycles. The first-order valence-electron chi connectivity index (χ1n) is 6.57. The lowest BCUT2D eigenvalue weighted by Crippen LogP contribution is -2.19. The minimum atomic E-state index is 0.318. The van der Waals surface area contributed by atoms with E-state index in [4.69, 9.17) is 4.74 Å². The molecule has 108 valence electrons. The van der Waals surface area contributed by atoms with E-state index in [1.807, 2.05) is 25.6 Å². The molecule has 1 atom stereocenters. The summed E-state index contributed by atoms with van der Waals surface area (Å²) in [7, 11) is 0. The number of hydrogen-bond acceptors (Lipinski definition) is 7. The molecule has 19 heavy (non-hydrogen) atoms. The van der Waals surface area contributed by atoms with E-state index in [0.717, 1.165) is 18.7 Å². The van der Waals surface area contributed by atoms with Crippen molar-refractivity contribution in [3.8, 4) is 6.01 Å². The first kappa shape index (κ1) is 15.8. The summed E-state index contributed by atoms with van der Waals surface area (Å²) in [6.45, 7) is 7.32. The van der Waals surface area contributed by atoms with Crippen LogP contribution >= 0.6 is 11.8 Å². The summed E-state index contributed by atoms with van der Waals surface area (Å²) in [5.74, 6) is 2.21. The summed E-state index contributed by atoms with van der Waals surface area (Å²) in [4.78, 5) is 12.8. The molecular formula is C12H23N5OS. The van der Waals surface area contributed by atoms with Gasteiger partial charge in [0.05, 0.1) is 6.61 Å². The van der Waals surface area contributed by atoms with Crippen molar-refractivity contribution >= 4 is 23.7 Å². The molecule has 0 bridgehead atoms. The van der Waals surface area contributed by atoms with Crippen molar-refractivity contribution in [2.75, 3.05) is 35.8 Å². The Morgan fingerprint density at radius 2 is 1.95 bits per heavy atom. The van der Waals surface area contributed by atoms with Crippen molar-refractivity contribution in [2.45, 2.75) is 33.2 Å². The lowest BCUT2D eigenvalue weighted by molar-refractivity contribution is 0.312. The van der Waals surface area contributed by atoms with Crippen LogP contribution in [0.3, 0.4) is 0 Å². The van der Waals surface area contributed by atoms with Crippen LogP contribution in [0.1, 0.15) is 27.2 Å². The molecule has 1 aromatic rings. The smallest absolute Gasteiger partial charge is 0.323 e. The predicted molar refractivity (Wildman–Crippen MR) is 81.2 cm³/mol. The Bertz CT molecular complexity index is 353. The van der Waals surface area contributed by atoms with Gasteiger partial charge in [0.1, 0.15) is 0 Å². The molecule has 0 aliphatic carbocycles. The van der Waals surface area contributed by atoms with Gasteiger partial charge in [-0.2, -0.15) is 26.7 Å². The van der Waals surface area contributed by atoms with Gasteiger partial charge in [-0.05, 0) is 39.2 Å². The Balaban J connectivity index is 2.74. The van der Waals surface area contributed by atoms with Crippen LogP contribution in [0.2, 0.25) is 0 Å². The molecule has 0 amide bonds. The second-order valence-electron chi connectivity index (χ2n) is 4.06. The maximum atomic E-state index is 5.35. The lowest BCUT2D eigenvalue weighted by Gasteiger charge is -2.14. The number of hydrogen-bond donors (Lipinski definition) is 2. The van der Waals surface area contributed by atoms with Gasteiger partial charge >= 0.3 is 6.01 Å². The third-order valence-electron chi connectivity index (χ3n) is 2.35. The molecule has 0 saturated carbocycles. The molecule has 1 unspecified atom stereocenters. The van der Waals surface area contributed by atoms with E-state index >= 15 is 0 Å². The highest BCUT2D eigenvalue weighted by Gasteiger charge is 2.09. The van der Waals surface area contributed by atoms with Gasteiger partial charge in [0, 0.05) is 12.6 Å². The fraction of sp³-hybridized carbons (Fsp3) is 0.750. The van der Waals surface area contributed by atoms with Gasteiger partial charge < -0.3 is 15.4 Å². The van der Waals surface area contributed by atoms with Crippen LogP contribution < -0.4 is 15.4 Å². The van der Waals surface area contributed by atoms with Crippen molar-refractivity contribution in [3.05, 3.63) is 0 Å². The van der Waals surface area contributed by atoms with Crippen LogP contribution in [0.4, 0.5) is 11.9 Å². The third-order valence-corrected chi connectivity index (χ3v) is 3.00. The van der Waals surface area contributed by atoms with Crippen LogP contribution in [0.15, 0.2) is 0 Å². The molecule has 1 aromatic heterocycles. The van der Waals surface area contributed by atoms with Crippen LogP contribution in [-0.4, -0.2) is 46.2 Å².